The number of carbonyl (C=O) groups is 2. The molecule has 0 N–H and O–H groups in total. The van der Waals surface area contributed by atoms with Crippen molar-refractivity contribution in [1.29, 1.82) is 0 Å². The van der Waals surface area contributed by atoms with Crippen molar-refractivity contribution in [2.24, 2.45) is 5.92 Å². The molecular formula is C23H21Cl2NO4. The van der Waals surface area contributed by atoms with Crippen LogP contribution in [0.2, 0.25) is 10.0 Å². The molecule has 2 aromatic rings. The molecule has 0 atom stereocenters. The lowest BCUT2D eigenvalue weighted by Crippen LogP contribution is -2.39. The van der Waals surface area contributed by atoms with Crippen molar-refractivity contribution in [2.45, 2.75) is 12.8 Å². The number of hydrogen-bond donors (Lipinski definition) is 0. The zero-order chi connectivity index (χ0) is 21.1. The molecule has 0 bridgehead atoms. The molecule has 5 nitrogen and oxygen atoms in total. The Morgan fingerprint density at radius 3 is 2.47 bits per heavy atom. The molecule has 7 heteroatoms. The second-order valence-corrected chi connectivity index (χ2v) is 8.17. The first-order chi connectivity index (χ1) is 14.5. The standard InChI is InChI=1S/C23H21Cl2NO4/c24-18-3-4-19(25)16(13-18)2-6-22(27)26-9-7-15(8-10-26)23(28)17-1-5-20-21(14-17)30-12-11-29-20/h1-6,13-15H,7-12H2. The van der Waals surface area contributed by atoms with Crippen LogP contribution in [-0.2, 0) is 4.79 Å². The summed E-state index contributed by atoms with van der Waals surface area (Å²) >= 11 is 12.1. The number of rotatable bonds is 4. The lowest BCUT2D eigenvalue weighted by molar-refractivity contribution is -0.127. The molecule has 156 valence electrons. The SMILES string of the molecule is O=C(c1ccc2c(c1)OCCO2)C1CCN(C(=O)C=Cc2cc(Cl)ccc2Cl)CC1. The van der Waals surface area contributed by atoms with Crippen LogP contribution in [0.5, 0.6) is 11.5 Å². The van der Waals surface area contributed by atoms with Gasteiger partial charge in [0.15, 0.2) is 17.3 Å². The molecule has 2 aliphatic rings. The minimum Gasteiger partial charge on any atom is -0.486 e. The number of ketones is 1. The molecule has 2 heterocycles. The molecule has 1 fully saturated rings. The Morgan fingerprint density at radius 2 is 1.70 bits per heavy atom. The van der Waals surface area contributed by atoms with Crippen molar-refractivity contribution in [2.75, 3.05) is 26.3 Å². The Hall–Kier alpha value is -2.50. The summed E-state index contributed by atoms with van der Waals surface area (Å²) in [4.78, 5) is 27.2. The first kappa shape index (κ1) is 20.8. The van der Waals surface area contributed by atoms with Crippen LogP contribution in [0.3, 0.4) is 0 Å². The second kappa shape index (κ2) is 9.11. The fraction of sp³-hybridized carbons (Fsp3) is 0.304. The van der Waals surface area contributed by atoms with Gasteiger partial charge in [0.2, 0.25) is 5.91 Å². The molecule has 30 heavy (non-hydrogen) atoms. The third-order valence-corrected chi connectivity index (χ3v) is 5.95. The van der Waals surface area contributed by atoms with Crippen LogP contribution < -0.4 is 9.47 Å². The maximum absolute atomic E-state index is 12.9. The van der Waals surface area contributed by atoms with Crippen molar-refractivity contribution in [3.05, 3.63) is 63.6 Å². The van der Waals surface area contributed by atoms with Crippen LogP contribution in [0.1, 0.15) is 28.8 Å². The highest BCUT2D eigenvalue weighted by Gasteiger charge is 2.28. The zero-order valence-electron chi connectivity index (χ0n) is 16.3. The largest absolute Gasteiger partial charge is 0.486 e. The fourth-order valence-corrected chi connectivity index (χ4v) is 4.06. The van der Waals surface area contributed by atoms with E-state index in [1.807, 2.05) is 0 Å². The van der Waals surface area contributed by atoms with Gasteiger partial charge in [0.05, 0.1) is 0 Å². The van der Waals surface area contributed by atoms with Crippen molar-refractivity contribution >= 4 is 41.0 Å². The van der Waals surface area contributed by atoms with E-state index < -0.39 is 0 Å². The van der Waals surface area contributed by atoms with E-state index >= 15 is 0 Å². The predicted octanol–water partition coefficient (Wildman–Crippen LogP) is 4.90. The van der Waals surface area contributed by atoms with Gasteiger partial charge in [-0.15, -0.1) is 0 Å². The van der Waals surface area contributed by atoms with Gasteiger partial charge >= 0.3 is 0 Å². The number of carbonyl (C=O) groups excluding carboxylic acids is 2. The summed E-state index contributed by atoms with van der Waals surface area (Å²) < 4.78 is 11.1. The maximum Gasteiger partial charge on any atom is 0.246 e. The lowest BCUT2D eigenvalue weighted by atomic mass is 9.88. The van der Waals surface area contributed by atoms with E-state index in [-0.39, 0.29) is 17.6 Å². The normalized spacial score (nSPS) is 16.7. The van der Waals surface area contributed by atoms with Gasteiger partial charge in [-0.3, -0.25) is 9.59 Å². The third kappa shape index (κ3) is 4.63. The van der Waals surface area contributed by atoms with Gasteiger partial charge in [-0.25, -0.2) is 0 Å². The van der Waals surface area contributed by atoms with Crippen molar-refractivity contribution in [3.8, 4) is 11.5 Å². The molecule has 0 aliphatic carbocycles. The molecular weight excluding hydrogens is 425 g/mol. The molecule has 1 amide bonds. The van der Waals surface area contributed by atoms with E-state index in [9.17, 15) is 9.59 Å². The van der Waals surface area contributed by atoms with Gasteiger partial charge < -0.3 is 14.4 Å². The average Bonchev–Trinajstić information content (AvgIpc) is 2.78. The number of piperidine rings is 1. The summed E-state index contributed by atoms with van der Waals surface area (Å²) in [6, 6.07) is 10.4. The van der Waals surface area contributed by atoms with E-state index in [2.05, 4.69) is 0 Å². The van der Waals surface area contributed by atoms with E-state index in [0.29, 0.717) is 71.8 Å². The Morgan fingerprint density at radius 1 is 0.967 bits per heavy atom. The Kier molecular flexibility index (Phi) is 6.30. The van der Waals surface area contributed by atoms with Gasteiger partial charge in [-0.1, -0.05) is 23.2 Å². The van der Waals surface area contributed by atoms with E-state index in [1.165, 1.54) is 6.08 Å². The first-order valence-corrected chi connectivity index (χ1v) is 10.6. The van der Waals surface area contributed by atoms with Crippen LogP contribution in [0.4, 0.5) is 0 Å². The molecule has 4 rings (SSSR count). The topological polar surface area (TPSA) is 55.8 Å². The second-order valence-electron chi connectivity index (χ2n) is 7.32. The van der Waals surface area contributed by atoms with Gasteiger partial charge in [-0.05, 0) is 60.9 Å². The highest BCUT2D eigenvalue weighted by Crippen LogP contribution is 2.32. The minimum atomic E-state index is -0.108. The Bertz CT molecular complexity index is 997. The number of ether oxygens (including phenoxy) is 2. The van der Waals surface area contributed by atoms with Crippen molar-refractivity contribution in [1.82, 2.24) is 4.90 Å². The fourth-order valence-electron chi connectivity index (χ4n) is 3.70. The summed E-state index contributed by atoms with van der Waals surface area (Å²) in [5.41, 5.74) is 1.32. The highest BCUT2D eigenvalue weighted by molar-refractivity contribution is 6.34. The molecule has 2 aliphatic heterocycles. The van der Waals surface area contributed by atoms with Crippen LogP contribution in [0.15, 0.2) is 42.5 Å². The highest BCUT2D eigenvalue weighted by atomic mass is 35.5. The molecule has 2 aromatic carbocycles. The van der Waals surface area contributed by atoms with Crippen LogP contribution >= 0.6 is 23.2 Å². The molecule has 0 saturated carbocycles. The van der Waals surface area contributed by atoms with E-state index in [4.69, 9.17) is 32.7 Å². The van der Waals surface area contributed by atoms with E-state index in [1.54, 1.807) is 47.4 Å². The minimum absolute atomic E-state index is 0.0836. The summed E-state index contributed by atoms with van der Waals surface area (Å²) in [6.07, 6.45) is 4.43. The average molecular weight is 446 g/mol. The lowest BCUT2D eigenvalue weighted by Gasteiger charge is -2.30. The number of hydrogen-bond acceptors (Lipinski definition) is 4. The molecule has 1 saturated heterocycles. The van der Waals surface area contributed by atoms with E-state index in [0.717, 1.165) is 0 Å². The quantitative estimate of drug-likeness (QED) is 0.495. The third-order valence-electron chi connectivity index (χ3n) is 5.37. The summed E-state index contributed by atoms with van der Waals surface area (Å²) in [5.74, 6) is 1.16. The summed E-state index contributed by atoms with van der Waals surface area (Å²) in [7, 11) is 0. The van der Waals surface area contributed by atoms with Crippen LogP contribution in [0.25, 0.3) is 6.08 Å². The molecule has 0 spiro atoms. The van der Waals surface area contributed by atoms with Gasteiger partial charge in [0.1, 0.15) is 13.2 Å². The van der Waals surface area contributed by atoms with Crippen LogP contribution in [-0.4, -0.2) is 42.9 Å². The zero-order valence-corrected chi connectivity index (χ0v) is 17.8. The maximum atomic E-state index is 12.9. The number of nitrogens with zero attached hydrogens (tertiary/aromatic N) is 1. The Labute approximate surface area is 185 Å². The smallest absolute Gasteiger partial charge is 0.246 e. The predicted molar refractivity (Wildman–Crippen MR) is 117 cm³/mol. The monoisotopic (exact) mass is 445 g/mol. The van der Waals surface area contributed by atoms with Crippen molar-refractivity contribution < 1.29 is 19.1 Å². The number of likely N-dealkylation sites (tertiary alicyclic amines) is 1. The molecule has 0 unspecified atom stereocenters. The Balaban J connectivity index is 1.35. The summed E-state index contributed by atoms with van der Waals surface area (Å²) in [5, 5.41) is 1.09. The number of benzene rings is 2. The number of halogens is 2. The van der Waals surface area contributed by atoms with Gasteiger partial charge in [0, 0.05) is 40.7 Å². The van der Waals surface area contributed by atoms with Gasteiger partial charge in [-0.2, -0.15) is 0 Å². The van der Waals surface area contributed by atoms with Crippen LogP contribution in [0, 0.1) is 5.92 Å². The number of fused-ring (bicyclic) bond motifs is 1. The van der Waals surface area contributed by atoms with Crippen molar-refractivity contribution in [3.63, 3.8) is 0 Å². The molecule has 0 radical (unpaired) electrons. The van der Waals surface area contributed by atoms with Gasteiger partial charge in [0.25, 0.3) is 0 Å². The number of amides is 1. The first-order valence-electron chi connectivity index (χ1n) is 9.87. The summed E-state index contributed by atoms with van der Waals surface area (Å²) in [6.45, 7) is 2.07. The molecule has 0 aromatic heterocycles. The number of Topliss-reactive ketones (excluding diaryl/α,β-unsaturated/α-hetero) is 1.